The van der Waals surface area contributed by atoms with Gasteiger partial charge in [-0.2, -0.15) is 0 Å². The van der Waals surface area contributed by atoms with Gasteiger partial charge in [-0.05, 0) is 43.9 Å². The van der Waals surface area contributed by atoms with Crippen molar-refractivity contribution in [3.8, 4) is 5.75 Å². The molecule has 0 saturated heterocycles. The van der Waals surface area contributed by atoms with Crippen LogP contribution in [0, 0.1) is 0 Å². The second kappa shape index (κ2) is 9.30. The molecule has 1 aliphatic carbocycles. The minimum Gasteiger partial charge on any atom is -0.497 e. The van der Waals surface area contributed by atoms with Crippen LogP contribution in [0.25, 0.3) is 0 Å². The van der Waals surface area contributed by atoms with Gasteiger partial charge in [0.2, 0.25) is 0 Å². The molecule has 1 saturated carbocycles. The molecule has 1 aromatic rings. The minimum absolute atomic E-state index is 0.159. The lowest BCUT2D eigenvalue weighted by molar-refractivity contribution is -0.150. The first-order valence-electron chi connectivity index (χ1n) is 8.96. The van der Waals surface area contributed by atoms with Crippen LogP contribution >= 0.6 is 0 Å². The van der Waals surface area contributed by atoms with Crippen LogP contribution in [-0.2, 0) is 14.9 Å². The van der Waals surface area contributed by atoms with Gasteiger partial charge < -0.3 is 20.1 Å². The maximum absolute atomic E-state index is 12.8. The van der Waals surface area contributed by atoms with E-state index in [4.69, 9.17) is 9.47 Å². The fourth-order valence-corrected chi connectivity index (χ4v) is 3.30. The molecule has 0 heterocycles. The molecule has 2 amide bonds. The quantitative estimate of drug-likeness (QED) is 0.559. The average Bonchev–Trinajstić information content (AvgIpc) is 3.12. The molecule has 0 unspecified atom stereocenters. The first kappa shape index (κ1) is 19.1. The number of carbonyl (C=O) groups excluding carboxylic acids is 2. The number of methoxy groups -OCH3 is 1. The van der Waals surface area contributed by atoms with Crippen molar-refractivity contribution in [2.75, 3.05) is 26.8 Å². The largest absolute Gasteiger partial charge is 0.497 e. The van der Waals surface area contributed by atoms with Gasteiger partial charge >= 0.3 is 12.0 Å². The molecule has 2 rings (SSSR count). The smallest absolute Gasteiger partial charge is 0.316 e. The van der Waals surface area contributed by atoms with Gasteiger partial charge in [-0.1, -0.05) is 25.0 Å². The fraction of sp³-hybridized carbons (Fsp3) is 0.579. The third kappa shape index (κ3) is 4.87. The first-order chi connectivity index (χ1) is 12.1. The van der Waals surface area contributed by atoms with Crippen LogP contribution in [0.4, 0.5) is 4.79 Å². The third-order valence-electron chi connectivity index (χ3n) is 4.67. The highest BCUT2D eigenvalue weighted by atomic mass is 16.5. The summed E-state index contributed by atoms with van der Waals surface area (Å²) in [6, 6.07) is 7.50. The standard InChI is InChI=1S/C19H28N2O4/c1-3-20-18(23)21-13-6-14-25-17(22)19(11-4-5-12-19)15-7-9-16(24-2)10-8-15/h7-10H,3-6,11-14H2,1-2H3,(H2,20,21,23). The lowest BCUT2D eigenvalue weighted by Gasteiger charge is -2.27. The molecule has 0 atom stereocenters. The highest BCUT2D eigenvalue weighted by molar-refractivity contribution is 5.83. The summed E-state index contributed by atoms with van der Waals surface area (Å²) in [4.78, 5) is 24.1. The molecule has 6 heteroatoms. The van der Waals surface area contributed by atoms with Gasteiger partial charge in [0.15, 0.2) is 0 Å². The Kier molecular flexibility index (Phi) is 7.10. The second-order valence-corrected chi connectivity index (χ2v) is 6.29. The van der Waals surface area contributed by atoms with Crippen molar-refractivity contribution in [1.82, 2.24) is 10.6 Å². The molecule has 138 valence electrons. The molecule has 1 aromatic carbocycles. The number of amides is 2. The summed E-state index contributed by atoms with van der Waals surface area (Å²) in [5.41, 5.74) is 0.454. The maximum atomic E-state index is 12.8. The van der Waals surface area contributed by atoms with Crippen molar-refractivity contribution in [1.29, 1.82) is 0 Å². The summed E-state index contributed by atoms with van der Waals surface area (Å²) >= 11 is 0. The summed E-state index contributed by atoms with van der Waals surface area (Å²) in [6.45, 7) is 3.24. The molecular formula is C19H28N2O4. The first-order valence-corrected chi connectivity index (χ1v) is 8.96. The molecule has 6 nitrogen and oxygen atoms in total. The Morgan fingerprint density at radius 3 is 2.40 bits per heavy atom. The number of ether oxygens (including phenoxy) is 2. The highest BCUT2D eigenvalue weighted by Gasteiger charge is 2.44. The van der Waals surface area contributed by atoms with Crippen molar-refractivity contribution >= 4 is 12.0 Å². The van der Waals surface area contributed by atoms with Crippen molar-refractivity contribution in [3.63, 3.8) is 0 Å². The molecule has 0 radical (unpaired) electrons. The molecule has 0 bridgehead atoms. The summed E-state index contributed by atoms with van der Waals surface area (Å²) in [5, 5.41) is 5.38. The van der Waals surface area contributed by atoms with E-state index in [9.17, 15) is 9.59 Å². The normalized spacial score (nSPS) is 15.4. The van der Waals surface area contributed by atoms with E-state index in [1.807, 2.05) is 31.2 Å². The van der Waals surface area contributed by atoms with Gasteiger partial charge in [0, 0.05) is 13.1 Å². The number of urea groups is 1. The Morgan fingerprint density at radius 1 is 1.12 bits per heavy atom. The number of hydrogen-bond donors (Lipinski definition) is 2. The van der Waals surface area contributed by atoms with Gasteiger partial charge in [-0.3, -0.25) is 4.79 Å². The van der Waals surface area contributed by atoms with Crippen LogP contribution in [0.5, 0.6) is 5.75 Å². The third-order valence-corrected chi connectivity index (χ3v) is 4.67. The van der Waals surface area contributed by atoms with Gasteiger partial charge in [0.1, 0.15) is 5.75 Å². The maximum Gasteiger partial charge on any atom is 0.316 e. The lowest BCUT2D eigenvalue weighted by atomic mass is 9.79. The van der Waals surface area contributed by atoms with Crippen molar-refractivity contribution in [2.45, 2.75) is 44.4 Å². The van der Waals surface area contributed by atoms with Crippen LogP contribution in [-0.4, -0.2) is 38.8 Å². The molecular weight excluding hydrogens is 320 g/mol. The van der Waals surface area contributed by atoms with E-state index in [2.05, 4.69) is 10.6 Å². The van der Waals surface area contributed by atoms with Crippen LogP contribution in [0.15, 0.2) is 24.3 Å². The van der Waals surface area contributed by atoms with Crippen LogP contribution in [0.2, 0.25) is 0 Å². The molecule has 0 aliphatic heterocycles. The Bertz CT molecular complexity index is 565. The van der Waals surface area contributed by atoms with Crippen molar-refractivity contribution in [3.05, 3.63) is 29.8 Å². The molecule has 0 aromatic heterocycles. The van der Waals surface area contributed by atoms with E-state index in [1.165, 1.54) is 0 Å². The fourth-order valence-electron chi connectivity index (χ4n) is 3.30. The monoisotopic (exact) mass is 348 g/mol. The minimum atomic E-state index is -0.542. The van der Waals surface area contributed by atoms with Gasteiger partial charge in [0.25, 0.3) is 0 Å². The second-order valence-electron chi connectivity index (χ2n) is 6.29. The summed E-state index contributed by atoms with van der Waals surface area (Å²) in [6.07, 6.45) is 4.28. The van der Waals surface area contributed by atoms with Crippen LogP contribution < -0.4 is 15.4 Å². The zero-order chi connectivity index (χ0) is 18.1. The predicted molar refractivity (Wildman–Crippen MR) is 95.8 cm³/mol. The summed E-state index contributed by atoms with van der Waals surface area (Å²) in [5.74, 6) is 0.620. The van der Waals surface area contributed by atoms with Gasteiger partial charge in [-0.25, -0.2) is 4.79 Å². The zero-order valence-electron chi connectivity index (χ0n) is 15.1. The molecule has 1 fully saturated rings. The van der Waals surface area contributed by atoms with Gasteiger partial charge in [0.05, 0.1) is 19.1 Å². The van der Waals surface area contributed by atoms with Crippen molar-refractivity contribution in [2.24, 2.45) is 0 Å². The number of nitrogens with one attached hydrogen (secondary N) is 2. The van der Waals surface area contributed by atoms with E-state index in [0.717, 1.165) is 37.0 Å². The van der Waals surface area contributed by atoms with Crippen molar-refractivity contribution < 1.29 is 19.1 Å². The molecule has 25 heavy (non-hydrogen) atoms. The summed E-state index contributed by atoms with van der Waals surface area (Å²) in [7, 11) is 1.63. The van der Waals surface area contributed by atoms with E-state index < -0.39 is 5.41 Å². The number of hydrogen-bond acceptors (Lipinski definition) is 4. The Morgan fingerprint density at radius 2 is 1.80 bits per heavy atom. The predicted octanol–water partition coefficient (Wildman–Crippen LogP) is 2.76. The van der Waals surface area contributed by atoms with E-state index >= 15 is 0 Å². The van der Waals surface area contributed by atoms with Crippen LogP contribution in [0.3, 0.4) is 0 Å². The van der Waals surface area contributed by atoms with Gasteiger partial charge in [-0.15, -0.1) is 0 Å². The number of rotatable bonds is 8. The number of carbonyl (C=O) groups is 2. The Labute approximate surface area is 149 Å². The van der Waals surface area contributed by atoms with E-state index in [1.54, 1.807) is 7.11 Å². The average molecular weight is 348 g/mol. The number of esters is 1. The highest BCUT2D eigenvalue weighted by Crippen LogP contribution is 2.42. The Hall–Kier alpha value is -2.24. The van der Waals surface area contributed by atoms with E-state index in [-0.39, 0.29) is 12.0 Å². The molecule has 0 spiro atoms. The molecule has 2 N–H and O–H groups in total. The topological polar surface area (TPSA) is 76.7 Å². The van der Waals surface area contributed by atoms with E-state index in [0.29, 0.717) is 26.1 Å². The zero-order valence-corrected chi connectivity index (χ0v) is 15.1. The number of benzene rings is 1. The molecule has 1 aliphatic rings. The van der Waals surface area contributed by atoms with Crippen LogP contribution in [0.1, 0.15) is 44.6 Å². The SMILES string of the molecule is CCNC(=O)NCCCOC(=O)C1(c2ccc(OC)cc2)CCCC1. The summed E-state index contributed by atoms with van der Waals surface area (Å²) < 4.78 is 10.7. The Balaban J connectivity index is 1.88. The lowest BCUT2D eigenvalue weighted by Crippen LogP contribution is -2.37.